The zero-order valence-corrected chi connectivity index (χ0v) is 17.5. The molecule has 3 heterocycles. The van der Waals surface area contributed by atoms with Crippen LogP contribution in [0.2, 0.25) is 0 Å². The topological polar surface area (TPSA) is 67.2 Å². The Balaban J connectivity index is 1.45. The fourth-order valence-corrected chi connectivity index (χ4v) is 4.68. The molecule has 1 fully saturated rings. The highest BCUT2D eigenvalue weighted by Crippen LogP contribution is 2.29. The molecular weight excluding hydrogens is 384 g/mol. The predicted octanol–water partition coefficient (Wildman–Crippen LogP) is 3.64. The minimum atomic E-state index is -0.188. The Hall–Kier alpha value is -2.67. The fraction of sp³-hybridized carbons (Fsp3) is 0.409. The van der Waals surface area contributed by atoms with Gasteiger partial charge in [-0.05, 0) is 42.8 Å². The minimum Gasteiger partial charge on any atom is -0.342 e. The number of amides is 2. The summed E-state index contributed by atoms with van der Waals surface area (Å²) in [5.41, 5.74) is 2.18. The molecule has 1 saturated heterocycles. The second-order valence-electron chi connectivity index (χ2n) is 7.45. The summed E-state index contributed by atoms with van der Waals surface area (Å²) >= 11 is 1.38. The second kappa shape index (κ2) is 8.78. The van der Waals surface area contributed by atoms with Crippen molar-refractivity contribution in [3.63, 3.8) is 0 Å². The Kier molecular flexibility index (Phi) is 5.94. The van der Waals surface area contributed by atoms with Crippen LogP contribution < -0.4 is 5.32 Å². The molecule has 3 aromatic rings. The van der Waals surface area contributed by atoms with Crippen molar-refractivity contribution in [3.05, 3.63) is 52.5 Å². The molecule has 29 heavy (non-hydrogen) atoms. The zero-order chi connectivity index (χ0) is 20.2. The van der Waals surface area contributed by atoms with E-state index < -0.39 is 0 Å². The largest absolute Gasteiger partial charge is 0.342 e. The third-order valence-corrected chi connectivity index (χ3v) is 6.28. The van der Waals surface area contributed by atoms with Crippen LogP contribution >= 0.6 is 11.3 Å². The number of fused-ring (bicyclic) bond motifs is 1. The summed E-state index contributed by atoms with van der Waals surface area (Å²) in [5, 5.41) is 4.60. The summed E-state index contributed by atoms with van der Waals surface area (Å²) in [6.45, 7) is 4.52. The maximum Gasteiger partial charge on any atom is 0.261 e. The van der Waals surface area contributed by atoms with Gasteiger partial charge in [-0.1, -0.05) is 25.1 Å². The van der Waals surface area contributed by atoms with E-state index in [9.17, 15) is 9.59 Å². The first-order valence-electron chi connectivity index (χ1n) is 10.2. The smallest absolute Gasteiger partial charge is 0.261 e. The van der Waals surface area contributed by atoms with Gasteiger partial charge < -0.3 is 14.8 Å². The Morgan fingerprint density at radius 2 is 2.10 bits per heavy atom. The van der Waals surface area contributed by atoms with Gasteiger partial charge in [0, 0.05) is 25.6 Å². The van der Waals surface area contributed by atoms with Crippen molar-refractivity contribution in [3.8, 4) is 0 Å². The molecule has 0 bridgehead atoms. The Morgan fingerprint density at radius 1 is 1.24 bits per heavy atom. The first-order valence-corrected chi connectivity index (χ1v) is 11.1. The number of nitrogens with one attached hydrogen (secondary N) is 1. The third kappa shape index (κ3) is 4.19. The van der Waals surface area contributed by atoms with E-state index in [0.29, 0.717) is 11.4 Å². The zero-order valence-electron chi connectivity index (χ0n) is 16.6. The highest BCUT2D eigenvalue weighted by Gasteiger charge is 2.28. The number of likely N-dealkylation sites (tertiary alicyclic amines) is 1. The average molecular weight is 411 g/mol. The first-order chi connectivity index (χ1) is 14.2. The molecular formula is C22H26N4O2S. The number of nitrogens with zero attached hydrogens (tertiary/aromatic N) is 3. The molecule has 0 radical (unpaired) electrons. The van der Waals surface area contributed by atoms with Crippen molar-refractivity contribution in [1.29, 1.82) is 0 Å². The van der Waals surface area contributed by atoms with Crippen LogP contribution in [0.5, 0.6) is 0 Å². The predicted molar refractivity (Wildman–Crippen MR) is 115 cm³/mol. The molecule has 2 amide bonds. The molecule has 1 atom stereocenters. The lowest BCUT2D eigenvalue weighted by molar-refractivity contribution is -0.131. The van der Waals surface area contributed by atoms with E-state index >= 15 is 0 Å². The summed E-state index contributed by atoms with van der Waals surface area (Å²) in [7, 11) is 0. The van der Waals surface area contributed by atoms with Gasteiger partial charge in [0.15, 0.2) is 0 Å². The number of hydrogen-bond donors (Lipinski definition) is 1. The van der Waals surface area contributed by atoms with Crippen molar-refractivity contribution in [2.75, 3.05) is 19.6 Å². The minimum absolute atomic E-state index is 0.0299. The summed E-state index contributed by atoms with van der Waals surface area (Å²) in [6, 6.07) is 11.8. The van der Waals surface area contributed by atoms with Crippen molar-refractivity contribution in [2.24, 2.45) is 0 Å². The summed E-state index contributed by atoms with van der Waals surface area (Å²) < 4.78 is 2.31. The molecule has 0 aliphatic carbocycles. The fourth-order valence-electron chi connectivity index (χ4n) is 4.04. The summed E-state index contributed by atoms with van der Waals surface area (Å²) in [4.78, 5) is 32.2. The lowest BCUT2D eigenvalue weighted by atomic mass is 9.97. The molecule has 1 unspecified atom stereocenters. The molecule has 0 saturated carbocycles. The van der Waals surface area contributed by atoms with E-state index in [1.165, 1.54) is 11.3 Å². The Bertz CT molecular complexity index is 996. The number of aryl methyl sites for hydroxylation is 1. The highest BCUT2D eigenvalue weighted by molar-refractivity contribution is 7.12. The van der Waals surface area contributed by atoms with Gasteiger partial charge in [-0.2, -0.15) is 0 Å². The molecule has 152 valence electrons. The van der Waals surface area contributed by atoms with Gasteiger partial charge in [-0.25, -0.2) is 4.98 Å². The van der Waals surface area contributed by atoms with E-state index in [4.69, 9.17) is 4.98 Å². The van der Waals surface area contributed by atoms with Crippen LogP contribution in [-0.4, -0.2) is 45.9 Å². The van der Waals surface area contributed by atoms with Crippen molar-refractivity contribution < 1.29 is 9.59 Å². The number of thiophene rings is 1. The molecule has 7 heteroatoms. The van der Waals surface area contributed by atoms with E-state index in [1.807, 2.05) is 28.5 Å². The van der Waals surface area contributed by atoms with Gasteiger partial charge in [0.1, 0.15) is 5.82 Å². The van der Waals surface area contributed by atoms with E-state index in [0.717, 1.165) is 49.2 Å². The van der Waals surface area contributed by atoms with Gasteiger partial charge in [-0.15, -0.1) is 11.3 Å². The quantitative estimate of drug-likeness (QED) is 0.675. The number of aromatic nitrogens is 2. The molecule has 6 nitrogen and oxygen atoms in total. The van der Waals surface area contributed by atoms with Gasteiger partial charge in [0.05, 0.1) is 22.5 Å². The van der Waals surface area contributed by atoms with E-state index in [1.54, 1.807) is 6.07 Å². The first kappa shape index (κ1) is 19.6. The van der Waals surface area contributed by atoms with Crippen LogP contribution in [0.3, 0.4) is 0 Å². The number of benzene rings is 1. The number of hydrogen-bond acceptors (Lipinski definition) is 4. The van der Waals surface area contributed by atoms with Crippen LogP contribution in [0.15, 0.2) is 41.8 Å². The van der Waals surface area contributed by atoms with Crippen LogP contribution in [0.4, 0.5) is 0 Å². The van der Waals surface area contributed by atoms with Crippen molar-refractivity contribution in [1.82, 2.24) is 19.8 Å². The summed E-state index contributed by atoms with van der Waals surface area (Å²) in [5.74, 6) is 1.08. The van der Waals surface area contributed by atoms with Gasteiger partial charge >= 0.3 is 0 Å². The molecule has 2 aromatic heterocycles. The Morgan fingerprint density at radius 3 is 2.90 bits per heavy atom. The molecule has 1 aliphatic rings. The SMILES string of the molecule is CCCn1c(C2CCCN(C(=O)CNC(=O)c3cccs3)C2)nc2ccccc21. The van der Waals surface area contributed by atoms with E-state index in [-0.39, 0.29) is 24.3 Å². The maximum absolute atomic E-state index is 12.7. The van der Waals surface area contributed by atoms with Crippen LogP contribution in [0, 0.1) is 0 Å². The standard InChI is InChI=1S/C22H26N4O2S/c1-2-11-26-18-9-4-3-8-17(18)24-21(26)16-7-5-12-25(15-16)20(27)14-23-22(28)19-10-6-13-29-19/h3-4,6,8-10,13,16H,2,5,7,11-12,14-15H2,1H3,(H,23,28). The molecule has 1 aromatic carbocycles. The monoisotopic (exact) mass is 410 g/mol. The number of rotatable bonds is 6. The normalized spacial score (nSPS) is 16.9. The number of imidazole rings is 1. The van der Waals surface area contributed by atoms with Gasteiger partial charge in [0.2, 0.25) is 5.91 Å². The number of carbonyl (C=O) groups is 2. The van der Waals surface area contributed by atoms with E-state index in [2.05, 4.69) is 28.9 Å². The van der Waals surface area contributed by atoms with Gasteiger partial charge in [-0.3, -0.25) is 9.59 Å². The average Bonchev–Trinajstić information content (AvgIpc) is 3.41. The van der Waals surface area contributed by atoms with Crippen LogP contribution in [0.1, 0.15) is 47.6 Å². The molecule has 4 rings (SSSR count). The maximum atomic E-state index is 12.7. The molecule has 1 N–H and O–H groups in total. The molecule has 0 spiro atoms. The highest BCUT2D eigenvalue weighted by atomic mass is 32.1. The second-order valence-corrected chi connectivity index (χ2v) is 8.40. The van der Waals surface area contributed by atoms with Gasteiger partial charge in [0.25, 0.3) is 5.91 Å². The lowest BCUT2D eigenvalue weighted by Gasteiger charge is -2.32. The number of piperidine rings is 1. The Labute approximate surface area is 174 Å². The molecule has 1 aliphatic heterocycles. The number of carbonyl (C=O) groups excluding carboxylic acids is 2. The van der Waals surface area contributed by atoms with Crippen LogP contribution in [0.25, 0.3) is 11.0 Å². The summed E-state index contributed by atoms with van der Waals surface area (Å²) in [6.07, 6.45) is 3.01. The number of para-hydroxylation sites is 2. The third-order valence-electron chi connectivity index (χ3n) is 5.42. The lowest BCUT2D eigenvalue weighted by Crippen LogP contribution is -2.44. The van der Waals surface area contributed by atoms with Crippen molar-refractivity contribution >= 4 is 34.2 Å². The van der Waals surface area contributed by atoms with Crippen molar-refractivity contribution in [2.45, 2.75) is 38.6 Å². The van der Waals surface area contributed by atoms with Crippen LogP contribution in [-0.2, 0) is 11.3 Å².